The van der Waals surface area contributed by atoms with Gasteiger partial charge >= 0.3 is 0 Å². The molecule has 0 atom stereocenters. The number of hydrogen-bond donors (Lipinski definition) is 0. The van der Waals surface area contributed by atoms with Gasteiger partial charge in [0.2, 0.25) is 0 Å². The number of hydrogen-bond acceptors (Lipinski definition) is 1. The lowest BCUT2D eigenvalue weighted by Gasteiger charge is -1.60. The van der Waals surface area contributed by atoms with Crippen molar-refractivity contribution in [1.29, 1.82) is 0 Å². The second kappa shape index (κ2) is 1.63. The van der Waals surface area contributed by atoms with Gasteiger partial charge in [0.1, 0.15) is 0 Å². The van der Waals surface area contributed by atoms with Crippen molar-refractivity contribution in [3.63, 3.8) is 0 Å². The highest BCUT2D eigenvalue weighted by Crippen LogP contribution is 2.10. The summed E-state index contributed by atoms with van der Waals surface area (Å²) in [6.45, 7) is 0. The fourth-order valence-corrected chi connectivity index (χ4v) is 0.884. The summed E-state index contributed by atoms with van der Waals surface area (Å²) in [4.78, 5) is 0. The van der Waals surface area contributed by atoms with Crippen LogP contribution in [-0.4, -0.2) is 0 Å². The average molecular weight is 161 g/mol. The van der Waals surface area contributed by atoms with Crippen LogP contribution >= 0.6 is 27.3 Å². The maximum absolute atomic E-state index is 3.24. The number of halogens is 1. The van der Waals surface area contributed by atoms with Crippen LogP contribution in [0, 0.1) is 11.4 Å². The smallest absolute Gasteiger partial charge is 0.0761 e. The topological polar surface area (TPSA) is 0 Å². The van der Waals surface area contributed by atoms with Crippen LogP contribution < -0.4 is 0 Å². The van der Waals surface area contributed by atoms with Crippen molar-refractivity contribution in [3.05, 3.63) is 21.3 Å². The van der Waals surface area contributed by atoms with Crippen LogP contribution in [0.1, 0.15) is 0 Å². The van der Waals surface area contributed by atoms with Gasteiger partial charge in [0.25, 0.3) is 0 Å². The zero-order valence-corrected chi connectivity index (χ0v) is 5.27. The van der Waals surface area contributed by atoms with E-state index in [0.717, 1.165) is 3.79 Å². The van der Waals surface area contributed by atoms with Crippen LogP contribution in [0.25, 0.3) is 0 Å². The van der Waals surface area contributed by atoms with Gasteiger partial charge in [0.15, 0.2) is 0 Å². The van der Waals surface area contributed by atoms with Gasteiger partial charge in [-0.1, -0.05) is 17.4 Å². The summed E-state index contributed by atoms with van der Waals surface area (Å²) in [5.74, 6) is 0. The van der Waals surface area contributed by atoms with Crippen molar-refractivity contribution in [1.82, 2.24) is 0 Å². The van der Waals surface area contributed by atoms with Crippen LogP contribution in [0.15, 0.2) is 9.85 Å². The average Bonchev–Trinajstić information content (AvgIpc) is 1.86. The van der Waals surface area contributed by atoms with Crippen LogP contribution in [0.4, 0.5) is 0 Å². The van der Waals surface area contributed by atoms with Crippen LogP contribution in [0.5, 0.6) is 0 Å². The zero-order chi connectivity index (χ0) is 4.41. The monoisotopic (exact) mass is 160 g/mol. The third-order valence-corrected chi connectivity index (χ3v) is 1.64. The molecule has 1 rings (SSSR count). The van der Waals surface area contributed by atoms with Gasteiger partial charge < -0.3 is 0 Å². The van der Waals surface area contributed by atoms with Crippen molar-refractivity contribution < 1.29 is 0 Å². The minimum Gasteiger partial charge on any atom is -0.0761 e. The third kappa shape index (κ3) is 0.735. The van der Waals surface area contributed by atoms with E-state index in [-0.39, 0.29) is 0 Å². The van der Waals surface area contributed by atoms with E-state index >= 15 is 0 Å². The summed E-state index contributed by atoms with van der Waals surface area (Å²) >= 11 is 4.75. The fraction of sp³-hybridized carbons (Fsp3) is 0. The van der Waals surface area contributed by atoms with Crippen LogP contribution in [0.3, 0.4) is 0 Å². The molecule has 0 saturated carbocycles. The third-order valence-electron chi connectivity index (χ3n) is 0.393. The van der Waals surface area contributed by atoms with E-state index in [2.05, 4.69) is 27.4 Å². The maximum Gasteiger partial charge on any atom is 0.0872 e. The molecule has 2 heteroatoms. The molecule has 0 fully saturated rings. The molecule has 0 radical (unpaired) electrons. The molecule has 6 heavy (non-hydrogen) atoms. The molecule has 0 bridgehead atoms. The first-order valence-electron chi connectivity index (χ1n) is 1.42. The standard InChI is InChI=1S/C4HBrS/c5-4-2-1-3-6-4/h2H. The Bertz CT molecular complexity index is 111. The Morgan fingerprint density at radius 1 is 1.83 bits per heavy atom. The predicted octanol–water partition coefficient (Wildman–Crippen LogP) is 2.11. The van der Waals surface area contributed by atoms with E-state index in [9.17, 15) is 0 Å². The number of rotatable bonds is 0. The SMILES string of the molecule is Brc1cc#cs1. The van der Waals surface area contributed by atoms with Gasteiger partial charge in [0, 0.05) is 6.07 Å². The lowest BCUT2D eigenvalue weighted by molar-refractivity contribution is 2.00. The Morgan fingerprint density at radius 2 is 2.67 bits per heavy atom. The fourth-order valence-electron chi connectivity index (χ4n) is 0.194. The quantitative estimate of drug-likeness (QED) is 0.546. The molecule has 1 aromatic heterocycles. The first kappa shape index (κ1) is 4.17. The van der Waals surface area contributed by atoms with E-state index < -0.39 is 0 Å². The Balaban J connectivity index is 3.05. The summed E-state index contributed by atoms with van der Waals surface area (Å²) in [6.07, 6.45) is 0. The van der Waals surface area contributed by atoms with Crippen LogP contribution in [-0.2, 0) is 0 Å². The molecule has 0 aliphatic rings. The Morgan fingerprint density at radius 3 is 2.83 bits per heavy atom. The van der Waals surface area contributed by atoms with Gasteiger partial charge in [-0.25, -0.2) is 0 Å². The minimum atomic E-state index is 1.09. The molecule has 0 amide bonds. The second-order valence-electron chi connectivity index (χ2n) is 0.797. The molecule has 0 spiro atoms. The van der Waals surface area contributed by atoms with Crippen molar-refractivity contribution in [2.24, 2.45) is 0 Å². The summed E-state index contributed by atoms with van der Waals surface area (Å²) in [7, 11) is 0. The van der Waals surface area contributed by atoms with E-state index in [1.54, 1.807) is 0 Å². The van der Waals surface area contributed by atoms with E-state index in [4.69, 9.17) is 0 Å². The molecule has 0 aliphatic heterocycles. The second-order valence-corrected chi connectivity index (χ2v) is 3.02. The summed E-state index contributed by atoms with van der Waals surface area (Å²) < 4.78 is 1.09. The van der Waals surface area contributed by atoms with E-state index in [1.165, 1.54) is 11.3 Å². The molecule has 0 saturated heterocycles. The van der Waals surface area contributed by atoms with Gasteiger partial charge in [-0.15, -0.1) is 0 Å². The Hall–Kier alpha value is -0.0000000000000000278. The summed E-state index contributed by atoms with van der Waals surface area (Å²) in [6, 6.07) is 4.61. The normalized spacial score (nSPS) is 7.50. The van der Waals surface area contributed by atoms with Gasteiger partial charge in [-0.05, 0) is 21.3 Å². The predicted molar refractivity (Wildman–Crippen MR) is 29.7 cm³/mol. The molecule has 30 valence electrons. The van der Waals surface area contributed by atoms with Gasteiger partial charge in [0.05, 0.1) is 3.79 Å². The summed E-state index contributed by atoms with van der Waals surface area (Å²) in [5, 5.41) is 2.80. The van der Waals surface area contributed by atoms with Crippen molar-refractivity contribution >= 4 is 27.3 Å². The first-order valence-corrected chi connectivity index (χ1v) is 3.03. The lowest BCUT2D eigenvalue weighted by atomic mass is 10.8. The Kier molecular flexibility index (Phi) is 1.13. The maximum atomic E-state index is 3.24. The molecule has 0 aromatic carbocycles. The van der Waals surface area contributed by atoms with Crippen LogP contribution in [0.2, 0.25) is 0 Å². The molecular formula is C4HBrS. The molecule has 0 aliphatic carbocycles. The molecule has 0 nitrogen and oxygen atoms in total. The summed E-state index contributed by atoms with van der Waals surface area (Å²) in [5.41, 5.74) is 0. The van der Waals surface area contributed by atoms with Crippen molar-refractivity contribution in [3.8, 4) is 0 Å². The Labute approximate surface area is 48.9 Å². The molecule has 0 unspecified atom stereocenters. The zero-order valence-electron chi connectivity index (χ0n) is 2.86. The van der Waals surface area contributed by atoms with E-state index in [1.807, 2.05) is 6.07 Å². The molecule has 0 N–H and O–H groups in total. The van der Waals surface area contributed by atoms with Gasteiger partial charge in [-0.2, -0.15) is 0 Å². The molecular weight excluding hydrogens is 160 g/mol. The highest BCUT2D eigenvalue weighted by molar-refractivity contribution is 9.11. The van der Waals surface area contributed by atoms with Crippen molar-refractivity contribution in [2.45, 2.75) is 0 Å². The van der Waals surface area contributed by atoms with Crippen molar-refractivity contribution in [2.75, 3.05) is 0 Å². The highest BCUT2D eigenvalue weighted by Gasteiger charge is 1.75. The minimum absolute atomic E-state index is 1.09. The largest absolute Gasteiger partial charge is 0.0872 e. The molecule has 1 aromatic rings. The molecule has 1 heterocycles. The van der Waals surface area contributed by atoms with E-state index in [0.29, 0.717) is 0 Å². The highest BCUT2D eigenvalue weighted by atomic mass is 79.9. The first-order chi connectivity index (χ1) is 2.89. The van der Waals surface area contributed by atoms with Gasteiger partial charge in [-0.3, -0.25) is 0 Å². The lowest BCUT2D eigenvalue weighted by Crippen LogP contribution is -1.30.